The average Bonchev–Trinajstić information content (AvgIpc) is 1.99. The number of carbonyl (C=O) groups excluding carboxylic acids is 1. The van der Waals surface area contributed by atoms with E-state index in [4.69, 9.17) is 11.5 Å². The van der Waals surface area contributed by atoms with E-state index in [1.54, 1.807) is 6.92 Å². The Morgan fingerprint density at radius 1 is 1.83 bits per heavy atom. The van der Waals surface area contributed by atoms with E-state index in [0.717, 1.165) is 4.90 Å². The van der Waals surface area contributed by atoms with Crippen molar-refractivity contribution in [1.29, 1.82) is 0 Å². The minimum absolute atomic E-state index is 0.0182. The van der Waals surface area contributed by atoms with Gasteiger partial charge in [0.15, 0.2) is 0 Å². The number of hydrogen-bond acceptors (Lipinski definition) is 2. The predicted octanol–water partition coefficient (Wildman–Crippen LogP) is 0.577. The van der Waals surface area contributed by atoms with Crippen molar-refractivity contribution in [2.24, 2.45) is 0 Å². The molecule has 0 aromatic carbocycles. The van der Waals surface area contributed by atoms with Crippen molar-refractivity contribution in [2.45, 2.75) is 19.4 Å². The third-order valence-electron chi connectivity index (χ3n) is 1.48. The molecule has 12 heavy (non-hydrogen) atoms. The predicted molar refractivity (Wildman–Crippen MR) is 43.7 cm³/mol. The average molecular weight is 169 g/mol. The number of rotatable bonds is 4. The number of carbonyl (C=O) groups is 2. The molecule has 0 heterocycles. The summed E-state index contributed by atoms with van der Waals surface area (Å²) in [6.45, 7) is 1.66. The quantitative estimate of drug-likeness (QED) is 0.494. The highest BCUT2D eigenvalue weighted by molar-refractivity contribution is 5.66. The second-order valence-electron chi connectivity index (χ2n) is 2.37. The topological polar surface area (TPSA) is 57.6 Å². The molecule has 0 aromatic rings. The molecule has 0 fully saturated rings. The van der Waals surface area contributed by atoms with Gasteiger partial charge >= 0.3 is 6.09 Å². The number of terminal acetylenes is 1. The molecular formula is C8H11NO3. The van der Waals surface area contributed by atoms with Gasteiger partial charge in [0, 0.05) is 12.5 Å². The molecule has 0 spiro atoms. The number of carboxylic acid groups (broad SMARTS) is 1. The second-order valence-corrected chi connectivity index (χ2v) is 2.37. The van der Waals surface area contributed by atoms with Gasteiger partial charge in [-0.1, -0.05) is 5.92 Å². The van der Waals surface area contributed by atoms with E-state index in [-0.39, 0.29) is 19.0 Å². The second kappa shape index (κ2) is 5.19. The van der Waals surface area contributed by atoms with Crippen molar-refractivity contribution in [1.82, 2.24) is 4.90 Å². The van der Waals surface area contributed by atoms with Crippen molar-refractivity contribution < 1.29 is 14.7 Å². The van der Waals surface area contributed by atoms with Crippen LogP contribution in [0.5, 0.6) is 0 Å². The first kappa shape index (κ1) is 10.5. The lowest BCUT2D eigenvalue weighted by Crippen LogP contribution is -2.38. The molecular weight excluding hydrogens is 158 g/mol. The van der Waals surface area contributed by atoms with Crippen LogP contribution in [0.2, 0.25) is 0 Å². The van der Waals surface area contributed by atoms with Crippen LogP contribution in [0.25, 0.3) is 0 Å². The lowest BCUT2D eigenvalue weighted by molar-refractivity contribution is -0.108. The van der Waals surface area contributed by atoms with E-state index in [0.29, 0.717) is 6.29 Å². The zero-order valence-electron chi connectivity index (χ0n) is 6.86. The lowest BCUT2D eigenvalue weighted by Gasteiger charge is -2.22. The van der Waals surface area contributed by atoms with E-state index in [1.807, 2.05) is 0 Å². The van der Waals surface area contributed by atoms with E-state index >= 15 is 0 Å². The Bertz CT molecular complexity index is 207. The fourth-order valence-corrected chi connectivity index (χ4v) is 0.777. The molecule has 0 rings (SSSR count). The summed E-state index contributed by atoms with van der Waals surface area (Å²) in [5.41, 5.74) is 0. The molecule has 1 amide bonds. The maximum Gasteiger partial charge on any atom is 0.408 e. The normalized spacial score (nSPS) is 11.3. The fraction of sp³-hybridized carbons (Fsp3) is 0.500. The van der Waals surface area contributed by atoms with Gasteiger partial charge in [-0.3, -0.25) is 4.90 Å². The summed E-state index contributed by atoms with van der Waals surface area (Å²) in [5.74, 6) is 2.22. The fourth-order valence-electron chi connectivity index (χ4n) is 0.777. The molecule has 0 aliphatic heterocycles. The third kappa shape index (κ3) is 3.06. The van der Waals surface area contributed by atoms with E-state index in [1.165, 1.54) is 0 Å². The number of aldehydes is 1. The van der Waals surface area contributed by atoms with Crippen LogP contribution in [-0.2, 0) is 4.79 Å². The molecule has 1 unspecified atom stereocenters. The van der Waals surface area contributed by atoms with Crippen LogP contribution in [0.4, 0.5) is 4.79 Å². The first-order chi connectivity index (χ1) is 5.63. The van der Waals surface area contributed by atoms with Gasteiger partial charge in [-0.25, -0.2) is 4.79 Å². The Kier molecular flexibility index (Phi) is 4.54. The van der Waals surface area contributed by atoms with Crippen LogP contribution in [0.1, 0.15) is 13.3 Å². The summed E-state index contributed by atoms with van der Waals surface area (Å²) >= 11 is 0. The van der Waals surface area contributed by atoms with Crippen molar-refractivity contribution in [3.05, 3.63) is 0 Å². The summed E-state index contributed by atoms with van der Waals surface area (Å²) in [6, 6.07) is -0.351. The molecule has 1 atom stereocenters. The monoisotopic (exact) mass is 169 g/mol. The largest absolute Gasteiger partial charge is 0.465 e. The molecule has 0 aliphatic rings. The van der Waals surface area contributed by atoms with Crippen LogP contribution >= 0.6 is 0 Å². The molecule has 4 heteroatoms. The number of hydrogen-bond donors (Lipinski definition) is 1. The molecule has 0 saturated heterocycles. The molecule has 0 saturated carbocycles. The van der Waals surface area contributed by atoms with Crippen molar-refractivity contribution in [3.63, 3.8) is 0 Å². The SMILES string of the molecule is C#CCN(C(=O)O)C(C)CC=O. The van der Waals surface area contributed by atoms with Gasteiger partial charge in [-0.15, -0.1) is 6.42 Å². The Labute approximate surface area is 71.2 Å². The molecule has 66 valence electrons. The van der Waals surface area contributed by atoms with Gasteiger partial charge in [-0.05, 0) is 6.92 Å². The zero-order valence-corrected chi connectivity index (χ0v) is 6.86. The van der Waals surface area contributed by atoms with Crippen LogP contribution in [0, 0.1) is 12.3 Å². The van der Waals surface area contributed by atoms with E-state index in [9.17, 15) is 9.59 Å². The van der Waals surface area contributed by atoms with Crippen LogP contribution < -0.4 is 0 Å². The molecule has 4 nitrogen and oxygen atoms in total. The minimum Gasteiger partial charge on any atom is -0.465 e. The van der Waals surface area contributed by atoms with E-state index in [2.05, 4.69) is 5.92 Å². The zero-order chi connectivity index (χ0) is 9.56. The third-order valence-corrected chi connectivity index (χ3v) is 1.48. The van der Waals surface area contributed by atoms with Gasteiger partial charge in [-0.2, -0.15) is 0 Å². The van der Waals surface area contributed by atoms with Crippen LogP contribution in [0.3, 0.4) is 0 Å². The molecule has 0 aromatic heterocycles. The first-order valence-electron chi connectivity index (χ1n) is 3.50. The van der Waals surface area contributed by atoms with Gasteiger partial charge in [0.2, 0.25) is 0 Å². The molecule has 1 N–H and O–H groups in total. The van der Waals surface area contributed by atoms with Gasteiger partial charge < -0.3 is 9.90 Å². The summed E-state index contributed by atoms with van der Waals surface area (Å²) in [4.78, 5) is 21.6. The highest BCUT2D eigenvalue weighted by Gasteiger charge is 2.16. The molecule has 0 aliphatic carbocycles. The highest BCUT2D eigenvalue weighted by Crippen LogP contribution is 2.01. The first-order valence-corrected chi connectivity index (χ1v) is 3.50. The van der Waals surface area contributed by atoms with Gasteiger partial charge in [0.1, 0.15) is 6.29 Å². The Hall–Kier alpha value is -1.50. The smallest absolute Gasteiger partial charge is 0.408 e. The summed E-state index contributed by atoms with van der Waals surface area (Å²) in [5, 5.41) is 8.62. The standard InChI is InChI=1S/C8H11NO3/c1-3-5-9(8(11)12)7(2)4-6-10/h1,6-7H,4-5H2,2H3,(H,11,12). The summed E-state index contributed by atoms with van der Waals surface area (Å²) in [6.07, 6.45) is 4.72. The number of nitrogens with zero attached hydrogens (tertiary/aromatic N) is 1. The summed E-state index contributed by atoms with van der Waals surface area (Å²) in [7, 11) is 0. The molecule has 0 bridgehead atoms. The van der Waals surface area contributed by atoms with Crippen molar-refractivity contribution >= 4 is 12.4 Å². The summed E-state index contributed by atoms with van der Waals surface area (Å²) < 4.78 is 0. The van der Waals surface area contributed by atoms with Gasteiger partial charge in [0.25, 0.3) is 0 Å². The Morgan fingerprint density at radius 3 is 2.75 bits per heavy atom. The minimum atomic E-state index is -1.10. The number of amides is 1. The van der Waals surface area contributed by atoms with E-state index < -0.39 is 6.09 Å². The Morgan fingerprint density at radius 2 is 2.42 bits per heavy atom. The van der Waals surface area contributed by atoms with Crippen molar-refractivity contribution in [2.75, 3.05) is 6.54 Å². The van der Waals surface area contributed by atoms with Crippen LogP contribution in [-0.4, -0.2) is 35.0 Å². The van der Waals surface area contributed by atoms with Crippen molar-refractivity contribution in [3.8, 4) is 12.3 Å². The maximum atomic E-state index is 10.5. The highest BCUT2D eigenvalue weighted by atomic mass is 16.4. The lowest BCUT2D eigenvalue weighted by atomic mass is 10.2. The maximum absolute atomic E-state index is 10.5. The van der Waals surface area contributed by atoms with Gasteiger partial charge in [0.05, 0.1) is 6.54 Å². The molecule has 0 radical (unpaired) electrons. The Balaban J connectivity index is 4.19. The van der Waals surface area contributed by atoms with Crippen LogP contribution in [0.15, 0.2) is 0 Å².